The zero-order valence-corrected chi connectivity index (χ0v) is 12.3. The second-order valence-electron chi connectivity index (χ2n) is 5.15. The molecule has 2 aromatic rings. The molecule has 1 aromatic carbocycles. The Balaban J connectivity index is 1.74. The van der Waals surface area contributed by atoms with Gasteiger partial charge in [-0.05, 0) is 25.5 Å². The highest BCUT2D eigenvalue weighted by Gasteiger charge is 2.25. The molecule has 19 heavy (non-hydrogen) atoms. The zero-order valence-electron chi connectivity index (χ0n) is 10.7. The van der Waals surface area contributed by atoms with Gasteiger partial charge in [-0.15, -0.1) is 23.1 Å². The predicted molar refractivity (Wildman–Crippen MR) is 82.0 cm³/mol. The maximum absolute atomic E-state index is 4.98. The van der Waals surface area contributed by atoms with Gasteiger partial charge in [-0.2, -0.15) is 0 Å². The lowest BCUT2D eigenvalue weighted by atomic mass is 10.0. The largest absolute Gasteiger partial charge is 0.316 e. The van der Waals surface area contributed by atoms with Crippen LogP contribution in [-0.2, 0) is 5.75 Å². The van der Waals surface area contributed by atoms with Gasteiger partial charge in [-0.25, -0.2) is 4.98 Å². The Morgan fingerprint density at radius 3 is 3.11 bits per heavy atom. The van der Waals surface area contributed by atoms with E-state index in [4.69, 9.17) is 4.98 Å². The van der Waals surface area contributed by atoms with Crippen LogP contribution in [0.15, 0.2) is 29.2 Å². The first-order chi connectivity index (χ1) is 9.42. The van der Waals surface area contributed by atoms with Crippen molar-refractivity contribution in [3.63, 3.8) is 0 Å². The molecule has 2 aliphatic heterocycles. The van der Waals surface area contributed by atoms with Crippen LogP contribution in [0.3, 0.4) is 0 Å². The second kappa shape index (κ2) is 4.93. The lowest BCUT2D eigenvalue weighted by molar-refractivity contribution is 0.460. The molecule has 2 aliphatic rings. The molecule has 0 aliphatic carbocycles. The number of nitrogens with one attached hydrogen (secondary N) is 1. The smallest absolute Gasteiger partial charge is 0.0979 e. The van der Waals surface area contributed by atoms with Crippen molar-refractivity contribution in [2.45, 2.75) is 29.4 Å². The third-order valence-corrected chi connectivity index (χ3v) is 6.36. The van der Waals surface area contributed by atoms with Crippen molar-refractivity contribution < 1.29 is 0 Å². The maximum atomic E-state index is 4.98. The summed E-state index contributed by atoms with van der Waals surface area (Å²) < 4.78 is 0. The van der Waals surface area contributed by atoms with E-state index in [9.17, 15) is 0 Å². The van der Waals surface area contributed by atoms with Gasteiger partial charge < -0.3 is 5.32 Å². The van der Waals surface area contributed by atoms with Gasteiger partial charge >= 0.3 is 0 Å². The van der Waals surface area contributed by atoms with E-state index in [0.717, 1.165) is 12.3 Å². The molecule has 98 valence electrons. The van der Waals surface area contributed by atoms with Crippen LogP contribution >= 0.6 is 23.1 Å². The third-order valence-electron chi connectivity index (χ3n) is 3.86. The van der Waals surface area contributed by atoms with Gasteiger partial charge in [0.15, 0.2) is 0 Å². The third kappa shape index (κ3) is 2.12. The number of fused-ring (bicyclic) bond motifs is 3. The first kappa shape index (κ1) is 11.9. The summed E-state index contributed by atoms with van der Waals surface area (Å²) >= 11 is 3.88. The van der Waals surface area contributed by atoms with Crippen molar-refractivity contribution in [2.24, 2.45) is 0 Å². The molecule has 0 radical (unpaired) electrons. The maximum Gasteiger partial charge on any atom is 0.0979 e. The minimum absolute atomic E-state index is 0.626. The first-order valence-electron chi connectivity index (χ1n) is 6.84. The van der Waals surface area contributed by atoms with Gasteiger partial charge in [0.1, 0.15) is 0 Å². The Bertz CT molecular complexity index is 600. The van der Waals surface area contributed by atoms with E-state index in [0.29, 0.717) is 5.92 Å². The topological polar surface area (TPSA) is 24.9 Å². The molecule has 1 atom stereocenters. The van der Waals surface area contributed by atoms with E-state index in [-0.39, 0.29) is 0 Å². The fraction of sp³-hybridized carbons (Fsp3) is 0.400. The Hall–Kier alpha value is -0.840. The molecule has 1 N–H and O–H groups in total. The predicted octanol–water partition coefficient (Wildman–Crippen LogP) is 3.88. The number of thiazole rings is 1. The summed E-state index contributed by atoms with van der Waals surface area (Å²) in [6.45, 7) is 2.27. The van der Waals surface area contributed by atoms with Gasteiger partial charge in [0.25, 0.3) is 0 Å². The van der Waals surface area contributed by atoms with E-state index in [2.05, 4.69) is 29.6 Å². The number of hydrogen-bond acceptors (Lipinski definition) is 4. The van der Waals surface area contributed by atoms with Gasteiger partial charge in [0.2, 0.25) is 0 Å². The molecule has 3 heterocycles. The average Bonchev–Trinajstić information content (AvgIpc) is 2.93. The minimum atomic E-state index is 0.626. The average molecular weight is 288 g/mol. The Morgan fingerprint density at radius 2 is 2.21 bits per heavy atom. The van der Waals surface area contributed by atoms with Crippen LogP contribution in [-0.4, -0.2) is 18.1 Å². The quantitative estimate of drug-likeness (QED) is 0.862. The van der Waals surface area contributed by atoms with E-state index < -0.39 is 0 Å². The zero-order chi connectivity index (χ0) is 12.7. The van der Waals surface area contributed by atoms with Crippen molar-refractivity contribution >= 4 is 23.1 Å². The highest BCUT2D eigenvalue weighted by atomic mass is 32.2. The van der Waals surface area contributed by atoms with Crippen molar-refractivity contribution in [3.05, 3.63) is 34.2 Å². The summed E-state index contributed by atoms with van der Waals surface area (Å²) in [4.78, 5) is 7.83. The van der Waals surface area contributed by atoms with Crippen LogP contribution in [0.5, 0.6) is 0 Å². The normalized spacial score (nSPS) is 21.8. The standard InChI is InChI=1S/C15H16N2S2/c1-2-6-12-11(5-1)14-13(9-18-12)19-15(17-14)10-4-3-7-16-8-10/h1-2,5-6,10,16H,3-4,7-9H2. The van der Waals surface area contributed by atoms with Gasteiger partial charge in [-0.1, -0.05) is 18.2 Å². The lowest BCUT2D eigenvalue weighted by Gasteiger charge is -2.20. The van der Waals surface area contributed by atoms with Crippen molar-refractivity contribution in [1.82, 2.24) is 10.3 Å². The van der Waals surface area contributed by atoms with Gasteiger partial charge in [0, 0.05) is 33.6 Å². The monoisotopic (exact) mass is 288 g/mol. The summed E-state index contributed by atoms with van der Waals surface area (Å²) in [5, 5.41) is 4.84. The van der Waals surface area contributed by atoms with E-state index in [1.165, 1.54) is 45.4 Å². The number of hydrogen-bond donors (Lipinski definition) is 1. The molecule has 0 amide bonds. The Kier molecular flexibility index (Phi) is 3.10. The van der Waals surface area contributed by atoms with Crippen LogP contribution in [0.4, 0.5) is 0 Å². The summed E-state index contributed by atoms with van der Waals surface area (Å²) in [5.74, 6) is 1.71. The van der Waals surface area contributed by atoms with Crippen LogP contribution in [0, 0.1) is 0 Å². The van der Waals surface area contributed by atoms with Gasteiger partial charge in [-0.3, -0.25) is 0 Å². The number of aromatic nitrogens is 1. The summed E-state index contributed by atoms with van der Waals surface area (Å²) in [6.07, 6.45) is 2.56. The summed E-state index contributed by atoms with van der Waals surface area (Å²) in [7, 11) is 0. The fourth-order valence-corrected chi connectivity index (χ4v) is 5.19. The van der Waals surface area contributed by atoms with Gasteiger partial charge in [0.05, 0.1) is 10.7 Å². The highest BCUT2D eigenvalue weighted by Crippen LogP contribution is 2.44. The molecule has 1 aromatic heterocycles. The number of benzene rings is 1. The van der Waals surface area contributed by atoms with Crippen LogP contribution in [0.2, 0.25) is 0 Å². The Labute approximate surface area is 121 Å². The highest BCUT2D eigenvalue weighted by molar-refractivity contribution is 7.98. The SMILES string of the molecule is c1ccc2c(c1)SCc1sc(C3CCCNC3)nc1-2. The van der Waals surface area contributed by atoms with Crippen molar-refractivity contribution in [1.29, 1.82) is 0 Å². The molecule has 2 nitrogen and oxygen atoms in total. The van der Waals surface area contributed by atoms with Crippen LogP contribution in [0.25, 0.3) is 11.3 Å². The minimum Gasteiger partial charge on any atom is -0.316 e. The first-order valence-corrected chi connectivity index (χ1v) is 8.64. The van der Waals surface area contributed by atoms with E-state index >= 15 is 0 Å². The van der Waals surface area contributed by atoms with Crippen LogP contribution < -0.4 is 5.32 Å². The molecular weight excluding hydrogens is 272 g/mol. The number of nitrogens with zero attached hydrogens (tertiary/aromatic N) is 1. The van der Waals surface area contributed by atoms with E-state index in [1.54, 1.807) is 0 Å². The van der Waals surface area contributed by atoms with Crippen LogP contribution in [0.1, 0.15) is 28.6 Å². The van der Waals surface area contributed by atoms with Crippen molar-refractivity contribution in [3.8, 4) is 11.3 Å². The Morgan fingerprint density at radius 1 is 1.26 bits per heavy atom. The molecular formula is C15H16N2S2. The summed E-state index contributed by atoms with van der Waals surface area (Å²) in [6, 6.07) is 8.66. The summed E-state index contributed by atoms with van der Waals surface area (Å²) in [5.41, 5.74) is 2.58. The molecule has 0 bridgehead atoms. The molecule has 1 fully saturated rings. The number of rotatable bonds is 1. The van der Waals surface area contributed by atoms with Crippen molar-refractivity contribution in [2.75, 3.05) is 13.1 Å². The molecule has 0 spiro atoms. The molecule has 1 saturated heterocycles. The molecule has 4 heteroatoms. The number of thioether (sulfide) groups is 1. The molecule has 4 rings (SSSR count). The van der Waals surface area contributed by atoms with E-state index in [1.807, 2.05) is 23.1 Å². The molecule has 1 unspecified atom stereocenters. The fourth-order valence-electron chi connectivity index (χ4n) is 2.85. The molecule has 0 saturated carbocycles. The lowest BCUT2D eigenvalue weighted by Crippen LogP contribution is -2.28. The second-order valence-corrected chi connectivity index (χ2v) is 7.28. The number of piperidine rings is 1.